The second kappa shape index (κ2) is 10.4. The number of aryl methyl sites for hydroxylation is 1. The molecule has 3 aromatic rings. The smallest absolute Gasteiger partial charge is 0.319 e. The van der Waals surface area contributed by atoms with Crippen molar-refractivity contribution in [2.45, 2.75) is 32.5 Å². The van der Waals surface area contributed by atoms with Gasteiger partial charge in [-0.2, -0.15) is 0 Å². The number of nitrogens with two attached hydrogens (primary N) is 1. The predicted molar refractivity (Wildman–Crippen MR) is 120 cm³/mol. The molecule has 3 rings (SSSR count). The first-order valence-electron chi connectivity index (χ1n) is 10.1. The summed E-state index contributed by atoms with van der Waals surface area (Å²) in [6, 6.07) is 14.9. The van der Waals surface area contributed by atoms with Gasteiger partial charge in [-0.15, -0.1) is 0 Å². The Morgan fingerprint density at radius 3 is 2.41 bits per heavy atom. The van der Waals surface area contributed by atoms with Crippen LogP contribution < -0.4 is 21.9 Å². The average molecular weight is 435 g/mol. The first-order valence-corrected chi connectivity index (χ1v) is 10.1. The maximum atomic E-state index is 12.9. The molecular weight excluding hydrogens is 410 g/mol. The number of nitrogens with one attached hydrogen (secondary N) is 2. The number of hydrogen-bond acceptors (Lipinski definition) is 5. The standard InChI is InChI=1S/C23H25N5O4/c1-15-25-13-20(22(31)28(15)14-17-5-3-2-4-6-17)27-23(32)26-19(11-21(29)30)18-9-7-16(12-24)8-10-18/h2-10,13,19H,11-12,14,24H2,1H3,(H,29,30)(H2,26,27,32). The van der Waals surface area contributed by atoms with Gasteiger partial charge in [-0.1, -0.05) is 54.6 Å². The number of carboxylic acids is 1. The van der Waals surface area contributed by atoms with Gasteiger partial charge >= 0.3 is 12.0 Å². The molecule has 9 heteroatoms. The van der Waals surface area contributed by atoms with Crippen LogP contribution in [-0.2, 0) is 17.9 Å². The molecule has 0 spiro atoms. The SMILES string of the molecule is Cc1ncc(NC(=O)NC(CC(=O)O)c2ccc(CN)cc2)c(=O)n1Cc1ccccc1. The molecule has 0 radical (unpaired) electrons. The van der Waals surface area contributed by atoms with Gasteiger partial charge in [0.1, 0.15) is 11.5 Å². The largest absolute Gasteiger partial charge is 0.481 e. The number of carbonyl (C=O) groups is 2. The molecule has 1 atom stereocenters. The zero-order chi connectivity index (χ0) is 23.1. The molecule has 0 aliphatic rings. The molecule has 0 saturated carbocycles. The fraction of sp³-hybridized carbons (Fsp3) is 0.217. The number of carbonyl (C=O) groups excluding carboxylic acids is 1. The number of hydrogen-bond donors (Lipinski definition) is 4. The summed E-state index contributed by atoms with van der Waals surface area (Å²) >= 11 is 0. The molecule has 166 valence electrons. The number of amides is 2. The molecular formula is C23H25N5O4. The van der Waals surface area contributed by atoms with Gasteiger partial charge < -0.3 is 21.5 Å². The van der Waals surface area contributed by atoms with Crippen LogP contribution in [0.1, 0.15) is 35.0 Å². The molecule has 0 aliphatic carbocycles. The normalized spacial score (nSPS) is 11.6. The second-order valence-electron chi connectivity index (χ2n) is 7.29. The molecule has 5 N–H and O–H groups in total. The van der Waals surface area contributed by atoms with Crippen molar-refractivity contribution in [1.29, 1.82) is 0 Å². The van der Waals surface area contributed by atoms with Crippen molar-refractivity contribution in [3.8, 4) is 0 Å². The van der Waals surface area contributed by atoms with Gasteiger partial charge in [0.15, 0.2) is 0 Å². The highest BCUT2D eigenvalue weighted by atomic mass is 16.4. The third-order valence-corrected chi connectivity index (χ3v) is 4.98. The van der Waals surface area contributed by atoms with E-state index in [4.69, 9.17) is 5.73 Å². The zero-order valence-corrected chi connectivity index (χ0v) is 17.6. The van der Waals surface area contributed by atoms with E-state index in [1.165, 1.54) is 10.8 Å². The third-order valence-electron chi connectivity index (χ3n) is 4.98. The summed E-state index contributed by atoms with van der Waals surface area (Å²) in [5.74, 6) is -0.561. The predicted octanol–water partition coefficient (Wildman–Crippen LogP) is 2.40. The van der Waals surface area contributed by atoms with Gasteiger partial charge in [-0.3, -0.25) is 14.2 Å². The number of aliphatic carboxylic acids is 1. The Morgan fingerprint density at radius 1 is 1.09 bits per heavy atom. The number of carboxylic acid groups (broad SMARTS) is 1. The number of aromatic nitrogens is 2. The summed E-state index contributed by atoms with van der Waals surface area (Å²) in [4.78, 5) is 41.0. The van der Waals surface area contributed by atoms with Crippen LogP contribution in [0.5, 0.6) is 0 Å². The monoisotopic (exact) mass is 435 g/mol. The lowest BCUT2D eigenvalue weighted by atomic mass is 10.0. The van der Waals surface area contributed by atoms with Crippen LogP contribution in [0.3, 0.4) is 0 Å². The van der Waals surface area contributed by atoms with Crippen LogP contribution in [0.15, 0.2) is 65.6 Å². The van der Waals surface area contributed by atoms with Gasteiger partial charge in [0.05, 0.1) is 25.2 Å². The van der Waals surface area contributed by atoms with Gasteiger partial charge in [0.2, 0.25) is 0 Å². The summed E-state index contributed by atoms with van der Waals surface area (Å²) in [6.07, 6.45) is 0.973. The maximum Gasteiger partial charge on any atom is 0.319 e. The highest BCUT2D eigenvalue weighted by Crippen LogP contribution is 2.18. The second-order valence-corrected chi connectivity index (χ2v) is 7.29. The van der Waals surface area contributed by atoms with Crippen LogP contribution in [0, 0.1) is 6.92 Å². The van der Waals surface area contributed by atoms with Crippen molar-refractivity contribution in [2.24, 2.45) is 5.73 Å². The van der Waals surface area contributed by atoms with Crippen molar-refractivity contribution in [3.05, 3.63) is 93.7 Å². The molecule has 2 aromatic carbocycles. The van der Waals surface area contributed by atoms with Crippen molar-refractivity contribution in [1.82, 2.24) is 14.9 Å². The lowest BCUT2D eigenvalue weighted by Crippen LogP contribution is -2.36. The van der Waals surface area contributed by atoms with E-state index >= 15 is 0 Å². The molecule has 32 heavy (non-hydrogen) atoms. The molecule has 1 unspecified atom stereocenters. The Hall–Kier alpha value is -3.98. The van der Waals surface area contributed by atoms with Crippen LogP contribution in [0.4, 0.5) is 10.5 Å². The Labute approximate surface area is 184 Å². The first-order chi connectivity index (χ1) is 15.4. The molecule has 1 heterocycles. The molecule has 0 bridgehead atoms. The summed E-state index contributed by atoms with van der Waals surface area (Å²) in [5, 5.41) is 14.4. The van der Waals surface area contributed by atoms with E-state index in [0.717, 1.165) is 11.1 Å². The highest BCUT2D eigenvalue weighted by Gasteiger charge is 2.19. The zero-order valence-electron chi connectivity index (χ0n) is 17.6. The summed E-state index contributed by atoms with van der Waals surface area (Å²) in [7, 11) is 0. The number of nitrogens with zero attached hydrogens (tertiary/aromatic N) is 2. The number of anilines is 1. The number of benzene rings is 2. The van der Waals surface area contributed by atoms with Crippen LogP contribution >= 0.6 is 0 Å². The Morgan fingerprint density at radius 2 is 1.78 bits per heavy atom. The lowest BCUT2D eigenvalue weighted by Gasteiger charge is -2.18. The Kier molecular flexibility index (Phi) is 7.35. The minimum Gasteiger partial charge on any atom is -0.481 e. The molecule has 9 nitrogen and oxygen atoms in total. The van der Waals surface area contributed by atoms with Crippen LogP contribution in [0.25, 0.3) is 0 Å². The fourth-order valence-electron chi connectivity index (χ4n) is 3.24. The van der Waals surface area contributed by atoms with Crippen molar-refractivity contribution in [3.63, 3.8) is 0 Å². The molecule has 0 saturated heterocycles. The van der Waals surface area contributed by atoms with Gasteiger partial charge in [-0.05, 0) is 23.6 Å². The molecule has 2 amide bonds. The van der Waals surface area contributed by atoms with E-state index in [1.807, 2.05) is 30.3 Å². The molecule has 0 fully saturated rings. The van der Waals surface area contributed by atoms with Crippen LogP contribution in [0.2, 0.25) is 0 Å². The Balaban J connectivity index is 1.78. The fourth-order valence-corrected chi connectivity index (χ4v) is 3.24. The lowest BCUT2D eigenvalue weighted by molar-refractivity contribution is -0.137. The average Bonchev–Trinajstić information content (AvgIpc) is 2.78. The maximum absolute atomic E-state index is 12.9. The highest BCUT2D eigenvalue weighted by molar-refractivity contribution is 5.89. The van der Waals surface area contributed by atoms with Crippen LogP contribution in [-0.4, -0.2) is 26.7 Å². The summed E-state index contributed by atoms with van der Waals surface area (Å²) in [6.45, 7) is 2.38. The quantitative estimate of drug-likeness (QED) is 0.428. The van der Waals surface area contributed by atoms with E-state index in [1.54, 1.807) is 31.2 Å². The summed E-state index contributed by atoms with van der Waals surface area (Å²) in [5.41, 5.74) is 7.61. The first kappa shape index (κ1) is 22.7. The molecule has 0 aliphatic heterocycles. The number of rotatable bonds is 8. The van der Waals surface area contributed by atoms with E-state index < -0.39 is 23.6 Å². The minimum absolute atomic E-state index is 0.00316. The topological polar surface area (TPSA) is 139 Å². The van der Waals surface area contributed by atoms with E-state index in [2.05, 4.69) is 15.6 Å². The minimum atomic E-state index is -1.07. The number of urea groups is 1. The molecule has 1 aromatic heterocycles. The summed E-state index contributed by atoms with van der Waals surface area (Å²) < 4.78 is 1.46. The third kappa shape index (κ3) is 5.79. The van der Waals surface area contributed by atoms with Crippen molar-refractivity contribution >= 4 is 17.7 Å². The van der Waals surface area contributed by atoms with Gasteiger partial charge in [-0.25, -0.2) is 9.78 Å². The van der Waals surface area contributed by atoms with E-state index in [-0.39, 0.29) is 12.1 Å². The van der Waals surface area contributed by atoms with Gasteiger partial charge in [0, 0.05) is 6.54 Å². The van der Waals surface area contributed by atoms with Gasteiger partial charge in [0.25, 0.3) is 5.56 Å². The van der Waals surface area contributed by atoms with E-state index in [9.17, 15) is 19.5 Å². The Bertz CT molecular complexity index is 1140. The van der Waals surface area contributed by atoms with Crippen molar-refractivity contribution in [2.75, 3.05) is 5.32 Å². The van der Waals surface area contributed by atoms with E-state index in [0.29, 0.717) is 24.5 Å². The van der Waals surface area contributed by atoms with Crippen molar-refractivity contribution < 1.29 is 14.7 Å².